The first kappa shape index (κ1) is 22.0. The average Bonchev–Trinajstić information content (AvgIpc) is 2.87. The molecule has 3 rings (SSSR count). The number of aryl methyl sites for hydroxylation is 1. The molecule has 0 fully saturated rings. The number of guanidine groups is 1. The van der Waals surface area contributed by atoms with E-state index in [0.717, 1.165) is 28.6 Å². The predicted molar refractivity (Wildman–Crippen MR) is 121 cm³/mol. The maximum atomic E-state index is 6.36. The molecule has 2 aromatic rings. The number of aliphatic imine (C=N–C) groups is 1. The molecule has 0 radical (unpaired) electrons. The molecule has 0 amide bonds. The minimum absolute atomic E-state index is 0. The van der Waals surface area contributed by atoms with E-state index >= 15 is 0 Å². The van der Waals surface area contributed by atoms with Gasteiger partial charge in [0.1, 0.15) is 0 Å². The zero-order chi connectivity index (χ0) is 18.5. The Labute approximate surface area is 186 Å². The Bertz CT molecular complexity index is 800. The lowest BCUT2D eigenvalue weighted by atomic mass is 10.2. The van der Waals surface area contributed by atoms with Gasteiger partial charge in [0, 0.05) is 32.4 Å². The highest BCUT2D eigenvalue weighted by Crippen LogP contribution is 2.37. The number of ether oxygens (including phenoxy) is 2. The Kier molecular flexibility index (Phi) is 8.43. The zero-order valence-electron chi connectivity index (χ0n) is 15.6. The number of halogens is 2. The molecule has 1 N–H and O–H groups in total. The van der Waals surface area contributed by atoms with E-state index in [9.17, 15) is 0 Å². The fraction of sp³-hybridized carbons (Fsp3) is 0.444. The molecule has 0 atom stereocenters. The largest absolute Gasteiger partial charge is 0.489 e. The van der Waals surface area contributed by atoms with Crippen LogP contribution in [-0.2, 0) is 13.1 Å². The molecule has 0 unspecified atom stereocenters. The summed E-state index contributed by atoms with van der Waals surface area (Å²) in [5.41, 5.74) is 2.05. The fourth-order valence-corrected chi connectivity index (χ4v) is 3.64. The van der Waals surface area contributed by atoms with Gasteiger partial charge in [0.25, 0.3) is 0 Å². The van der Waals surface area contributed by atoms with Crippen LogP contribution in [-0.4, -0.2) is 43.2 Å². The molecule has 9 heteroatoms. The monoisotopic (exact) mass is 522 g/mol. The first-order valence-corrected chi connectivity index (χ1v) is 9.73. The summed E-state index contributed by atoms with van der Waals surface area (Å²) >= 11 is 8.01. The van der Waals surface area contributed by atoms with Gasteiger partial charge in [-0.25, -0.2) is 4.98 Å². The summed E-state index contributed by atoms with van der Waals surface area (Å²) in [5.74, 6) is 2.13. The van der Waals surface area contributed by atoms with Crippen molar-refractivity contribution in [2.75, 3.05) is 27.3 Å². The zero-order valence-corrected chi connectivity index (χ0v) is 19.5. The van der Waals surface area contributed by atoms with Crippen LogP contribution in [0.2, 0.25) is 5.02 Å². The van der Waals surface area contributed by atoms with Gasteiger partial charge in [0.2, 0.25) is 0 Å². The van der Waals surface area contributed by atoms with Crippen LogP contribution in [0.1, 0.15) is 22.7 Å². The number of hydrogen-bond donors (Lipinski definition) is 1. The van der Waals surface area contributed by atoms with Gasteiger partial charge in [0.05, 0.1) is 35.5 Å². The lowest BCUT2D eigenvalue weighted by molar-refractivity contribution is 0.297. The number of nitrogens with one attached hydrogen (secondary N) is 1. The average molecular weight is 523 g/mol. The third-order valence-electron chi connectivity index (χ3n) is 3.95. The Balaban J connectivity index is 0.00000261. The summed E-state index contributed by atoms with van der Waals surface area (Å²) in [6, 6.07) is 3.87. The van der Waals surface area contributed by atoms with Crippen molar-refractivity contribution < 1.29 is 9.47 Å². The molecule has 0 spiro atoms. The van der Waals surface area contributed by atoms with Crippen LogP contribution in [0.25, 0.3) is 0 Å². The van der Waals surface area contributed by atoms with Gasteiger partial charge in [-0.15, -0.1) is 35.3 Å². The Morgan fingerprint density at radius 1 is 1.37 bits per heavy atom. The Morgan fingerprint density at radius 3 is 2.85 bits per heavy atom. The fourth-order valence-electron chi connectivity index (χ4n) is 2.75. The molecule has 0 bridgehead atoms. The molecule has 1 aromatic heterocycles. The number of thiazole rings is 1. The maximum Gasteiger partial charge on any atom is 0.194 e. The maximum absolute atomic E-state index is 6.36. The number of benzene rings is 1. The van der Waals surface area contributed by atoms with Gasteiger partial charge in [-0.1, -0.05) is 11.6 Å². The lowest BCUT2D eigenvalue weighted by Gasteiger charge is -2.21. The second-order valence-corrected chi connectivity index (χ2v) is 7.54. The van der Waals surface area contributed by atoms with Gasteiger partial charge < -0.3 is 19.7 Å². The van der Waals surface area contributed by atoms with Crippen molar-refractivity contribution >= 4 is 52.9 Å². The van der Waals surface area contributed by atoms with Crippen molar-refractivity contribution in [2.45, 2.75) is 26.4 Å². The predicted octanol–water partition coefficient (Wildman–Crippen LogP) is 4.09. The molecule has 6 nitrogen and oxygen atoms in total. The van der Waals surface area contributed by atoms with Crippen molar-refractivity contribution in [1.82, 2.24) is 15.2 Å². The second-order valence-electron chi connectivity index (χ2n) is 6.07. The highest BCUT2D eigenvalue weighted by atomic mass is 127. The van der Waals surface area contributed by atoms with Crippen LogP contribution < -0.4 is 14.8 Å². The van der Waals surface area contributed by atoms with E-state index in [1.54, 1.807) is 18.4 Å². The van der Waals surface area contributed by atoms with E-state index in [1.807, 2.05) is 31.0 Å². The summed E-state index contributed by atoms with van der Waals surface area (Å²) in [4.78, 5) is 10.9. The second kappa shape index (κ2) is 10.3. The van der Waals surface area contributed by atoms with Crippen LogP contribution >= 0.6 is 46.9 Å². The van der Waals surface area contributed by atoms with Gasteiger partial charge in [0.15, 0.2) is 17.5 Å². The standard InChI is InChI=1S/C18H23ClN4O2S.HI/c1-12-22-14(11-26-12)10-23(3)18(20-2)21-9-13-7-15(19)17-16(8-13)24-5-4-6-25-17;/h7-8,11H,4-6,9-10H2,1-3H3,(H,20,21);1H. The van der Waals surface area contributed by atoms with Gasteiger partial charge >= 0.3 is 0 Å². The van der Waals surface area contributed by atoms with Crippen LogP contribution in [0, 0.1) is 6.92 Å². The first-order valence-electron chi connectivity index (χ1n) is 8.47. The molecule has 1 aliphatic heterocycles. The Morgan fingerprint density at radius 2 is 2.15 bits per heavy atom. The quantitative estimate of drug-likeness (QED) is 0.372. The smallest absolute Gasteiger partial charge is 0.194 e. The van der Waals surface area contributed by atoms with Crippen LogP contribution in [0.5, 0.6) is 11.5 Å². The highest BCUT2D eigenvalue weighted by molar-refractivity contribution is 14.0. The summed E-state index contributed by atoms with van der Waals surface area (Å²) in [7, 11) is 3.76. The number of aromatic nitrogens is 1. The molecule has 2 heterocycles. The van der Waals surface area contributed by atoms with Crippen LogP contribution in [0.4, 0.5) is 0 Å². The number of rotatable bonds is 4. The molecule has 27 heavy (non-hydrogen) atoms. The third-order valence-corrected chi connectivity index (χ3v) is 5.05. The SMILES string of the molecule is CN=C(NCc1cc(Cl)c2c(c1)OCCCO2)N(C)Cc1csc(C)n1.I. The molecule has 0 saturated heterocycles. The molecular weight excluding hydrogens is 499 g/mol. The van der Waals surface area contributed by atoms with Gasteiger partial charge in [-0.05, 0) is 24.6 Å². The number of fused-ring (bicyclic) bond motifs is 1. The first-order chi connectivity index (χ1) is 12.6. The minimum atomic E-state index is 0. The Hall–Kier alpha value is -1.26. The molecule has 0 saturated carbocycles. The van der Waals surface area contributed by atoms with Gasteiger partial charge in [-0.2, -0.15) is 0 Å². The van der Waals surface area contributed by atoms with Crippen molar-refractivity contribution in [3.63, 3.8) is 0 Å². The van der Waals surface area contributed by atoms with E-state index in [-0.39, 0.29) is 24.0 Å². The van der Waals surface area contributed by atoms with Crippen molar-refractivity contribution in [1.29, 1.82) is 0 Å². The van der Waals surface area contributed by atoms with E-state index in [1.165, 1.54) is 0 Å². The lowest BCUT2D eigenvalue weighted by Crippen LogP contribution is -2.38. The summed E-state index contributed by atoms with van der Waals surface area (Å²) in [5, 5.41) is 7.07. The highest BCUT2D eigenvalue weighted by Gasteiger charge is 2.16. The van der Waals surface area contributed by atoms with Crippen LogP contribution in [0.15, 0.2) is 22.5 Å². The van der Waals surface area contributed by atoms with E-state index in [4.69, 9.17) is 21.1 Å². The molecule has 1 aromatic carbocycles. The topological polar surface area (TPSA) is 59.0 Å². The molecular formula is C18H24ClIN4O2S. The summed E-state index contributed by atoms with van der Waals surface area (Å²) < 4.78 is 11.4. The van der Waals surface area contributed by atoms with Crippen molar-refractivity contribution in [3.8, 4) is 11.5 Å². The normalized spacial score (nSPS) is 13.6. The molecule has 1 aliphatic rings. The van der Waals surface area contributed by atoms with Crippen LogP contribution in [0.3, 0.4) is 0 Å². The minimum Gasteiger partial charge on any atom is -0.489 e. The van der Waals surface area contributed by atoms with E-state index in [2.05, 4.69) is 20.7 Å². The molecule has 148 valence electrons. The number of hydrogen-bond acceptors (Lipinski definition) is 5. The number of nitrogens with zero attached hydrogens (tertiary/aromatic N) is 3. The van der Waals surface area contributed by atoms with E-state index in [0.29, 0.717) is 42.8 Å². The van der Waals surface area contributed by atoms with Crippen molar-refractivity contribution in [2.24, 2.45) is 4.99 Å². The molecule has 0 aliphatic carbocycles. The third kappa shape index (κ3) is 5.86. The van der Waals surface area contributed by atoms with E-state index < -0.39 is 0 Å². The summed E-state index contributed by atoms with van der Waals surface area (Å²) in [6.45, 7) is 4.56. The van der Waals surface area contributed by atoms with Gasteiger partial charge in [-0.3, -0.25) is 4.99 Å². The van der Waals surface area contributed by atoms with Crippen molar-refractivity contribution in [3.05, 3.63) is 38.8 Å². The summed E-state index contributed by atoms with van der Waals surface area (Å²) in [6.07, 6.45) is 0.853.